The maximum absolute atomic E-state index is 11.0. The number of ether oxygens (including phenoxy) is 3. The monoisotopic (exact) mass is 323 g/mol. The Morgan fingerprint density at radius 1 is 1.09 bits per heavy atom. The molecule has 1 aromatic carbocycles. The van der Waals surface area contributed by atoms with Crippen molar-refractivity contribution < 1.29 is 19.0 Å². The topological polar surface area (TPSA) is 56.8 Å². The maximum Gasteiger partial charge on any atom is 0.305 e. The fraction of sp³-hybridized carbons (Fsp3) is 0.611. The number of esters is 1. The van der Waals surface area contributed by atoms with Crippen molar-refractivity contribution in [1.29, 1.82) is 0 Å². The van der Waals surface area contributed by atoms with E-state index >= 15 is 0 Å². The number of methoxy groups -OCH3 is 3. The summed E-state index contributed by atoms with van der Waals surface area (Å²) >= 11 is 0. The third-order valence-corrected chi connectivity index (χ3v) is 3.84. The number of rotatable bonds is 11. The van der Waals surface area contributed by atoms with Crippen LogP contribution in [0.2, 0.25) is 0 Å². The smallest absolute Gasteiger partial charge is 0.305 e. The lowest BCUT2D eigenvalue weighted by atomic mass is 10.0. The van der Waals surface area contributed by atoms with Crippen molar-refractivity contribution in [2.75, 3.05) is 33.2 Å². The zero-order chi connectivity index (χ0) is 17.1. The Morgan fingerprint density at radius 3 is 2.48 bits per heavy atom. The fourth-order valence-corrected chi connectivity index (χ4v) is 2.38. The molecule has 5 heteroatoms. The lowest BCUT2D eigenvalue weighted by molar-refractivity contribution is -0.140. The first kappa shape index (κ1) is 19.1. The summed E-state index contributed by atoms with van der Waals surface area (Å²) in [7, 11) is 4.70. The van der Waals surface area contributed by atoms with Gasteiger partial charge in [0.1, 0.15) is 0 Å². The molecule has 0 aliphatic carbocycles. The normalized spacial score (nSPS) is 11.7. The highest BCUT2D eigenvalue weighted by atomic mass is 16.5. The van der Waals surface area contributed by atoms with Gasteiger partial charge in [-0.05, 0) is 30.9 Å². The third kappa shape index (κ3) is 7.26. The van der Waals surface area contributed by atoms with Crippen molar-refractivity contribution in [3.05, 3.63) is 18.2 Å². The van der Waals surface area contributed by atoms with Crippen LogP contribution in [0.3, 0.4) is 0 Å². The molecule has 1 unspecified atom stereocenters. The second-order valence-corrected chi connectivity index (χ2v) is 5.73. The zero-order valence-corrected chi connectivity index (χ0v) is 14.7. The molecule has 0 radical (unpaired) electrons. The quantitative estimate of drug-likeness (QED) is 0.495. The summed E-state index contributed by atoms with van der Waals surface area (Å²) in [4.78, 5) is 11.0. The minimum atomic E-state index is -0.117. The molecule has 130 valence electrons. The Bertz CT molecular complexity index is 476. The fourth-order valence-electron chi connectivity index (χ4n) is 2.38. The second kappa shape index (κ2) is 10.8. The molecule has 1 atom stereocenters. The van der Waals surface area contributed by atoms with E-state index < -0.39 is 0 Å². The average molecular weight is 323 g/mol. The van der Waals surface area contributed by atoms with E-state index in [1.54, 1.807) is 14.2 Å². The molecule has 0 saturated carbocycles. The van der Waals surface area contributed by atoms with Gasteiger partial charge in [0.15, 0.2) is 11.5 Å². The number of unbranched alkanes of at least 4 members (excludes halogenated alkanes) is 2. The zero-order valence-electron chi connectivity index (χ0n) is 14.7. The van der Waals surface area contributed by atoms with Crippen LogP contribution in [0.5, 0.6) is 11.5 Å². The first-order valence-electron chi connectivity index (χ1n) is 8.13. The molecule has 0 spiro atoms. The highest BCUT2D eigenvalue weighted by molar-refractivity contribution is 5.68. The number of hydrogen-bond acceptors (Lipinski definition) is 5. The number of hydrogen-bond donors (Lipinski definition) is 1. The molecular weight excluding hydrogens is 294 g/mol. The number of benzene rings is 1. The Labute approximate surface area is 139 Å². The van der Waals surface area contributed by atoms with E-state index in [9.17, 15) is 4.79 Å². The number of carbonyl (C=O) groups excluding carboxylic acids is 1. The van der Waals surface area contributed by atoms with Gasteiger partial charge in [0.25, 0.3) is 0 Å². The van der Waals surface area contributed by atoms with Gasteiger partial charge in [-0.3, -0.25) is 4.79 Å². The standard InChI is InChI=1S/C18H29NO4/c1-14(8-6-5-7-9-18(20)23-4)13-19-15-10-11-16(21-2)17(12-15)22-3/h10-12,14,19H,5-9,13H2,1-4H3. The van der Waals surface area contributed by atoms with Crippen molar-refractivity contribution in [3.8, 4) is 11.5 Å². The lowest BCUT2D eigenvalue weighted by Crippen LogP contribution is -2.11. The summed E-state index contributed by atoms with van der Waals surface area (Å²) in [5, 5.41) is 3.43. The van der Waals surface area contributed by atoms with Crippen LogP contribution in [0.4, 0.5) is 5.69 Å². The summed E-state index contributed by atoms with van der Waals surface area (Å²) in [6.45, 7) is 3.14. The van der Waals surface area contributed by atoms with Gasteiger partial charge in [0.05, 0.1) is 21.3 Å². The van der Waals surface area contributed by atoms with Crippen LogP contribution >= 0.6 is 0 Å². The van der Waals surface area contributed by atoms with Crippen molar-refractivity contribution in [2.24, 2.45) is 5.92 Å². The highest BCUT2D eigenvalue weighted by Crippen LogP contribution is 2.29. The van der Waals surface area contributed by atoms with Crippen molar-refractivity contribution in [3.63, 3.8) is 0 Å². The van der Waals surface area contributed by atoms with Crippen molar-refractivity contribution in [2.45, 2.75) is 39.0 Å². The Balaban J connectivity index is 2.25. The molecule has 0 heterocycles. The molecule has 1 rings (SSSR count). The van der Waals surface area contributed by atoms with Crippen LogP contribution in [-0.4, -0.2) is 33.8 Å². The average Bonchev–Trinajstić information content (AvgIpc) is 2.58. The van der Waals surface area contributed by atoms with E-state index in [1.807, 2.05) is 18.2 Å². The largest absolute Gasteiger partial charge is 0.493 e. The Hall–Kier alpha value is -1.91. The summed E-state index contributed by atoms with van der Waals surface area (Å²) in [5.74, 6) is 1.92. The Morgan fingerprint density at radius 2 is 1.83 bits per heavy atom. The van der Waals surface area contributed by atoms with E-state index in [4.69, 9.17) is 9.47 Å². The lowest BCUT2D eigenvalue weighted by Gasteiger charge is -2.15. The highest BCUT2D eigenvalue weighted by Gasteiger charge is 2.07. The van der Waals surface area contributed by atoms with Gasteiger partial charge in [-0.25, -0.2) is 0 Å². The van der Waals surface area contributed by atoms with E-state index in [2.05, 4.69) is 17.0 Å². The van der Waals surface area contributed by atoms with E-state index in [1.165, 1.54) is 7.11 Å². The molecule has 0 bridgehead atoms. The SMILES string of the molecule is COC(=O)CCCCCC(C)CNc1ccc(OC)c(OC)c1. The van der Waals surface area contributed by atoms with Crippen molar-refractivity contribution in [1.82, 2.24) is 0 Å². The predicted octanol–water partition coefficient (Wildman–Crippen LogP) is 3.88. The molecule has 5 nitrogen and oxygen atoms in total. The maximum atomic E-state index is 11.0. The second-order valence-electron chi connectivity index (χ2n) is 5.73. The van der Waals surface area contributed by atoms with E-state index in [0.717, 1.165) is 49.4 Å². The number of anilines is 1. The molecule has 0 fully saturated rings. The van der Waals surface area contributed by atoms with Gasteiger partial charge in [0.2, 0.25) is 0 Å². The van der Waals surface area contributed by atoms with Crippen LogP contribution in [0.25, 0.3) is 0 Å². The van der Waals surface area contributed by atoms with E-state index in [-0.39, 0.29) is 5.97 Å². The summed E-state index contributed by atoms with van der Waals surface area (Å²) in [6, 6.07) is 5.84. The minimum Gasteiger partial charge on any atom is -0.493 e. The molecule has 23 heavy (non-hydrogen) atoms. The van der Waals surface area contributed by atoms with Crippen LogP contribution in [0.15, 0.2) is 18.2 Å². The molecule has 0 aromatic heterocycles. The van der Waals surface area contributed by atoms with E-state index in [0.29, 0.717) is 12.3 Å². The third-order valence-electron chi connectivity index (χ3n) is 3.84. The minimum absolute atomic E-state index is 0.117. The molecule has 0 aliphatic heterocycles. The molecular formula is C18H29NO4. The Kier molecular flexibility index (Phi) is 8.95. The van der Waals surface area contributed by atoms with Crippen LogP contribution in [0.1, 0.15) is 39.0 Å². The summed E-state index contributed by atoms with van der Waals surface area (Å²) in [6.07, 6.45) is 4.76. The van der Waals surface area contributed by atoms with Gasteiger partial charge in [-0.15, -0.1) is 0 Å². The van der Waals surface area contributed by atoms with Gasteiger partial charge < -0.3 is 19.5 Å². The molecule has 1 aromatic rings. The number of nitrogens with one attached hydrogen (secondary N) is 1. The van der Waals surface area contributed by atoms with Crippen LogP contribution in [0, 0.1) is 5.92 Å². The summed E-state index contributed by atoms with van der Waals surface area (Å²) < 4.78 is 15.2. The van der Waals surface area contributed by atoms with Crippen LogP contribution < -0.4 is 14.8 Å². The van der Waals surface area contributed by atoms with Crippen molar-refractivity contribution >= 4 is 11.7 Å². The first-order chi connectivity index (χ1) is 11.1. The van der Waals surface area contributed by atoms with Gasteiger partial charge in [-0.2, -0.15) is 0 Å². The molecule has 0 aliphatic rings. The molecule has 0 amide bonds. The molecule has 0 saturated heterocycles. The summed E-state index contributed by atoms with van der Waals surface area (Å²) in [5.41, 5.74) is 1.03. The van der Waals surface area contributed by atoms with Crippen LogP contribution in [-0.2, 0) is 9.53 Å². The molecule has 1 N–H and O–H groups in total. The van der Waals surface area contributed by atoms with Gasteiger partial charge in [-0.1, -0.05) is 19.8 Å². The first-order valence-corrected chi connectivity index (χ1v) is 8.13. The number of carbonyl (C=O) groups is 1. The predicted molar refractivity (Wildman–Crippen MR) is 92.3 cm³/mol. The van der Waals surface area contributed by atoms with Gasteiger partial charge in [0, 0.05) is 24.7 Å². The van der Waals surface area contributed by atoms with Gasteiger partial charge >= 0.3 is 5.97 Å².